The minimum absolute atomic E-state index is 0.0638. The van der Waals surface area contributed by atoms with Gasteiger partial charge >= 0.3 is 0 Å². The molecule has 144 valence electrons. The van der Waals surface area contributed by atoms with Crippen LogP contribution in [0.5, 0.6) is 0 Å². The van der Waals surface area contributed by atoms with Gasteiger partial charge in [-0.25, -0.2) is 22.8 Å². The first-order chi connectivity index (χ1) is 12.9. The molecule has 1 aromatic heterocycles. The van der Waals surface area contributed by atoms with Gasteiger partial charge in [-0.2, -0.15) is 0 Å². The Bertz CT molecular complexity index is 918. The van der Waals surface area contributed by atoms with E-state index in [-0.39, 0.29) is 35.5 Å². The van der Waals surface area contributed by atoms with E-state index >= 15 is 0 Å². The third-order valence-corrected chi connectivity index (χ3v) is 6.29. The molecule has 1 amide bonds. The van der Waals surface area contributed by atoms with Gasteiger partial charge in [-0.05, 0) is 19.4 Å². The number of halogens is 1. The molecular formula is C18H21FN4O3S. The van der Waals surface area contributed by atoms with E-state index in [1.165, 1.54) is 18.5 Å². The zero-order valence-electron chi connectivity index (χ0n) is 14.9. The maximum atomic E-state index is 13.6. The number of nitrogens with zero attached hydrogens (tertiary/aromatic N) is 3. The Hall–Kier alpha value is -2.55. The summed E-state index contributed by atoms with van der Waals surface area (Å²) in [6.45, 7) is 2.54. The van der Waals surface area contributed by atoms with Gasteiger partial charge in [0.15, 0.2) is 9.84 Å². The van der Waals surface area contributed by atoms with Gasteiger partial charge in [0.25, 0.3) is 5.91 Å². The van der Waals surface area contributed by atoms with Crippen LogP contribution in [0.25, 0.3) is 0 Å². The average Bonchev–Trinajstić information content (AvgIpc) is 3.01. The van der Waals surface area contributed by atoms with Crippen LogP contribution in [0.1, 0.15) is 29.3 Å². The van der Waals surface area contributed by atoms with E-state index in [9.17, 15) is 17.6 Å². The summed E-state index contributed by atoms with van der Waals surface area (Å²) in [6.07, 6.45) is 3.33. The molecule has 2 heterocycles. The summed E-state index contributed by atoms with van der Waals surface area (Å²) in [6, 6.07) is 6.07. The first-order valence-electron chi connectivity index (χ1n) is 8.70. The van der Waals surface area contributed by atoms with Crippen LogP contribution in [0.15, 0.2) is 36.7 Å². The summed E-state index contributed by atoms with van der Waals surface area (Å²) in [5.74, 6) is -0.129. The van der Waals surface area contributed by atoms with Crippen molar-refractivity contribution in [2.24, 2.45) is 0 Å². The van der Waals surface area contributed by atoms with Crippen molar-refractivity contribution in [3.05, 3.63) is 53.6 Å². The first-order valence-corrected chi connectivity index (χ1v) is 10.5. The number of carbonyl (C=O) groups excluding carboxylic acids is 1. The molecule has 1 saturated heterocycles. The van der Waals surface area contributed by atoms with E-state index < -0.39 is 15.7 Å². The molecule has 0 spiro atoms. The second kappa shape index (κ2) is 7.99. The van der Waals surface area contributed by atoms with Crippen molar-refractivity contribution in [1.29, 1.82) is 0 Å². The summed E-state index contributed by atoms with van der Waals surface area (Å²) in [5.41, 5.74) is 0.646. The standard InChI is InChI=1S/C18H21FN4O3S/c1-2-23(15-7-8-27(25,26)12-15)18-21-10-14(11-22-18)17(24)20-9-13-5-3-4-6-16(13)19/h3-6,10-11,15H,2,7-9,12H2,1H3,(H,20,24). The minimum Gasteiger partial charge on any atom is -0.348 e. The fourth-order valence-corrected chi connectivity index (χ4v) is 4.82. The quantitative estimate of drug-likeness (QED) is 0.802. The third kappa shape index (κ3) is 4.60. The zero-order valence-corrected chi connectivity index (χ0v) is 15.7. The van der Waals surface area contributed by atoms with Crippen molar-refractivity contribution < 1.29 is 17.6 Å². The second-order valence-electron chi connectivity index (χ2n) is 6.39. The molecule has 1 unspecified atom stereocenters. The lowest BCUT2D eigenvalue weighted by molar-refractivity contribution is 0.0950. The Kier molecular flexibility index (Phi) is 5.69. The van der Waals surface area contributed by atoms with Crippen LogP contribution in [0.4, 0.5) is 10.3 Å². The van der Waals surface area contributed by atoms with Gasteiger partial charge in [0.05, 0.1) is 17.1 Å². The van der Waals surface area contributed by atoms with Gasteiger partial charge in [-0.15, -0.1) is 0 Å². The Labute approximate surface area is 157 Å². The van der Waals surface area contributed by atoms with Gasteiger partial charge in [-0.1, -0.05) is 18.2 Å². The van der Waals surface area contributed by atoms with Crippen LogP contribution in [0.3, 0.4) is 0 Å². The lowest BCUT2D eigenvalue weighted by Gasteiger charge is -2.26. The smallest absolute Gasteiger partial charge is 0.254 e. The van der Waals surface area contributed by atoms with Gasteiger partial charge < -0.3 is 10.2 Å². The van der Waals surface area contributed by atoms with Crippen molar-refractivity contribution in [3.63, 3.8) is 0 Å². The second-order valence-corrected chi connectivity index (χ2v) is 8.62. The fraction of sp³-hybridized carbons (Fsp3) is 0.389. The predicted molar refractivity (Wildman–Crippen MR) is 99.7 cm³/mol. The van der Waals surface area contributed by atoms with Crippen LogP contribution < -0.4 is 10.2 Å². The molecule has 1 aliphatic rings. The highest BCUT2D eigenvalue weighted by atomic mass is 32.2. The lowest BCUT2D eigenvalue weighted by atomic mass is 10.2. The van der Waals surface area contributed by atoms with Crippen LogP contribution >= 0.6 is 0 Å². The first kappa shape index (κ1) is 19.2. The van der Waals surface area contributed by atoms with Gasteiger partial charge in [0.1, 0.15) is 5.82 Å². The summed E-state index contributed by atoms with van der Waals surface area (Å²) in [4.78, 5) is 22.5. The maximum Gasteiger partial charge on any atom is 0.254 e. The molecule has 3 rings (SSSR count). The maximum absolute atomic E-state index is 13.6. The van der Waals surface area contributed by atoms with Crippen molar-refractivity contribution in [1.82, 2.24) is 15.3 Å². The molecule has 0 aliphatic carbocycles. The topological polar surface area (TPSA) is 92.3 Å². The molecule has 1 fully saturated rings. The Morgan fingerprint density at radius 2 is 2.00 bits per heavy atom. The van der Waals surface area contributed by atoms with Crippen molar-refractivity contribution >= 4 is 21.7 Å². The van der Waals surface area contributed by atoms with E-state index in [1.807, 2.05) is 11.8 Å². The van der Waals surface area contributed by atoms with Gasteiger partial charge in [-0.3, -0.25) is 4.79 Å². The Morgan fingerprint density at radius 3 is 2.59 bits per heavy atom. The molecule has 9 heteroatoms. The predicted octanol–water partition coefficient (Wildman–Crippen LogP) is 1.56. The van der Waals surface area contributed by atoms with Crippen molar-refractivity contribution in [3.8, 4) is 0 Å². The molecule has 1 aliphatic heterocycles. The van der Waals surface area contributed by atoms with E-state index in [4.69, 9.17) is 0 Å². The largest absolute Gasteiger partial charge is 0.348 e. The number of rotatable bonds is 6. The highest BCUT2D eigenvalue weighted by Gasteiger charge is 2.32. The van der Waals surface area contributed by atoms with Crippen LogP contribution in [0, 0.1) is 5.82 Å². The number of carbonyl (C=O) groups is 1. The summed E-state index contributed by atoms with van der Waals surface area (Å²) in [7, 11) is -3.01. The van der Waals surface area contributed by atoms with Crippen molar-refractivity contribution in [2.45, 2.75) is 25.9 Å². The fourth-order valence-electron chi connectivity index (χ4n) is 3.09. The molecule has 0 saturated carbocycles. The molecule has 2 aromatic rings. The normalized spacial score (nSPS) is 18.2. The number of sulfone groups is 1. The highest BCUT2D eigenvalue weighted by Crippen LogP contribution is 2.21. The molecule has 1 aromatic carbocycles. The number of amides is 1. The highest BCUT2D eigenvalue weighted by molar-refractivity contribution is 7.91. The number of anilines is 1. The average molecular weight is 392 g/mol. The number of nitrogens with one attached hydrogen (secondary N) is 1. The number of hydrogen-bond donors (Lipinski definition) is 1. The van der Waals surface area contributed by atoms with Crippen LogP contribution in [-0.2, 0) is 16.4 Å². The van der Waals surface area contributed by atoms with Crippen molar-refractivity contribution in [2.75, 3.05) is 23.0 Å². The minimum atomic E-state index is -3.01. The molecule has 0 bridgehead atoms. The summed E-state index contributed by atoms with van der Waals surface area (Å²) < 4.78 is 37.0. The monoisotopic (exact) mass is 392 g/mol. The van der Waals surface area contributed by atoms with Gasteiger partial charge in [0, 0.05) is 37.1 Å². The molecule has 0 radical (unpaired) electrons. The van der Waals surface area contributed by atoms with E-state index in [0.717, 1.165) is 0 Å². The van der Waals surface area contributed by atoms with Gasteiger partial charge in [0.2, 0.25) is 5.95 Å². The zero-order chi connectivity index (χ0) is 19.4. The molecular weight excluding hydrogens is 371 g/mol. The summed E-state index contributed by atoms with van der Waals surface area (Å²) in [5, 5.41) is 2.63. The molecule has 1 atom stereocenters. The van der Waals surface area contributed by atoms with E-state index in [1.54, 1.807) is 18.2 Å². The molecule has 27 heavy (non-hydrogen) atoms. The lowest BCUT2D eigenvalue weighted by Crippen LogP contribution is -2.37. The third-order valence-electron chi connectivity index (χ3n) is 4.54. The SMILES string of the molecule is CCN(c1ncc(C(=O)NCc2ccccc2F)cn1)C1CCS(=O)(=O)C1. The van der Waals surface area contributed by atoms with E-state index in [2.05, 4.69) is 15.3 Å². The molecule has 1 N–H and O–H groups in total. The Balaban J connectivity index is 1.65. The summed E-state index contributed by atoms with van der Waals surface area (Å²) >= 11 is 0. The molecule has 7 nitrogen and oxygen atoms in total. The number of hydrogen-bond acceptors (Lipinski definition) is 6. The van der Waals surface area contributed by atoms with Crippen LogP contribution in [-0.4, -0.2) is 48.4 Å². The van der Waals surface area contributed by atoms with E-state index in [0.29, 0.717) is 24.5 Å². The number of benzene rings is 1. The Morgan fingerprint density at radius 1 is 1.30 bits per heavy atom. The number of aromatic nitrogens is 2. The van der Waals surface area contributed by atoms with Crippen LogP contribution in [0.2, 0.25) is 0 Å².